The van der Waals surface area contributed by atoms with Gasteiger partial charge in [-0.3, -0.25) is 0 Å². The van der Waals surface area contributed by atoms with Crippen LogP contribution in [-0.2, 0) is 10.0 Å². The van der Waals surface area contributed by atoms with Crippen molar-refractivity contribution in [3.05, 3.63) is 66.7 Å². The molecule has 0 aliphatic rings. The van der Waals surface area contributed by atoms with Crippen LogP contribution in [0, 0.1) is 0 Å². The SMILES string of the molecule is CCCCOc1cc(-c2ccccc2)nc(NS(=O)(=O)c2ccccc2)n1. The molecule has 0 bridgehead atoms. The summed E-state index contributed by atoms with van der Waals surface area (Å²) in [6.45, 7) is 2.57. The largest absolute Gasteiger partial charge is 0.478 e. The third-order valence-electron chi connectivity index (χ3n) is 3.80. The van der Waals surface area contributed by atoms with Crippen LogP contribution in [0.2, 0.25) is 0 Å². The minimum Gasteiger partial charge on any atom is -0.478 e. The van der Waals surface area contributed by atoms with E-state index in [0.29, 0.717) is 18.2 Å². The van der Waals surface area contributed by atoms with Crippen LogP contribution in [0.15, 0.2) is 71.6 Å². The van der Waals surface area contributed by atoms with Gasteiger partial charge in [-0.15, -0.1) is 0 Å². The summed E-state index contributed by atoms with van der Waals surface area (Å²) in [4.78, 5) is 8.72. The van der Waals surface area contributed by atoms with Gasteiger partial charge in [0, 0.05) is 11.6 Å². The molecule has 0 saturated heterocycles. The number of rotatable bonds is 8. The lowest BCUT2D eigenvalue weighted by Gasteiger charge is -2.11. The van der Waals surface area contributed by atoms with Crippen molar-refractivity contribution in [1.29, 1.82) is 0 Å². The fraction of sp³-hybridized carbons (Fsp3) is 0.200. The Labute approximate surface area is 159 Å². The Bertz CT molecular complexity index is 978. The highest BCUT2D eigenvalue weighted by molar-refractivity contribution is 7.92. The van der Waals surface area contributed by atoms with Crippen molar-refractivity contribution >= 4 is 16.0 Å². The van der Waals surface area contributed by atoms with Gasteiger partial charge >= 0.3 is 0 Å². The molecule has 2 aromatic carbocycles. The van der Waals surface area contributed by atoms with Crippen LogP contribution in [0.5, 0.6) is 5.88 Å². The average molecular weight is 383 g/mol. The summed E-state index contributed by atoms with van der Waals surface area (Å²) in [5.41, 5.74) is 1.43. The highest BCUT2D eigenvalue weighted by Crippen LogP contribution is 2.24. The summed E-state index contributed by atoms with van der Waals surface area (Å²) in [6, 6.07) is 19.3. The topological polar surface area (TPSA) is 81.2 Å². The number of sulfonamides is 1. The lowest BCUT2D eigenvalue weighted by Crippen LogP contribution is -2.15. The molecule has 140 valence electrons. The third-order valence-corrected chi connectivity index (χ3v) is 5.14. The van der Waals surface area contributed by atoms with Gasteiger partial charge in [-0.1, -0.05) is 61.9 Å². The summed E-state index contributed by atoms with van der Waals surface area (Å²) in [7, 11) is -3.78. The number of hydrogen-bond donors (Lipinski definition) is 1. The predicted molar refractivity (Wildman–Crippen MR) is 105 cm³/mol. The molecular formula is C20H21N3O3S. The second-order valence-electron chi connectivity index (χ2n) is 5.90. The molecule has 3 rings (SSSR count). The van der Waals surface area contributed by atoms with Crippen molar-refractivity contribution in [1.82, 2.24) is 9.97 Å². The van der Waals surface area contributed by atoms with Crippen LogP contribution >= 0.6 is 0 Å². The molecule has 0 unspecified atom stereocenters. The van der Waals surface area contributed by atoms with Crippen molar-refractivity contribution in [3.63, 3.8) is 0 Å². The van der Waals surface area contributed by atoms with E-state index in [-0.39, 0.29) is 10.8 Å². The molecule has 27 heavy (non-hydrogen) atoms. The van der Waals surface area contributed by atoms with Crippen molar-refractivity contribution in [2.45, 2.75) is 24.7 Å². The van der Waals surface area contributed by atoms with Gasteiger partial charge in [0.1, 0.15) is 0 Å². The second kappa shape index (κ2) is 8.64. The molecule has 7 heteroatoms. The molecule has 0 saturated carbocycles. The van der Waals surface area contributed by atoms with Crippen LogP contribution in [0.25, 0.3) is 11.3 Å². The van der Waals surface area contributed by atoms with E-state index in [1.54, 1.807) is 24.3 Å². The highest BCUT2D eigenvalue weighted by atomic mass is 32.2. The summed E-state index contributed by atoms with van der Waals surface area (Å²) < 4.78 is 33.3. The molecule has 0 fully saturated rings. The minimum absolute atomic E-state index is 0.0216. The molecule has 1 heterocycles. The zero-order valence-electron chi connectivity index (χ0n) is 15.0. The van der Waals surface area contributed by atoms with Gasteiger partial charge in [-0.05, 0) is 18.6 Å². The summed E-state index contributed by atoms with van der Waals surface area (Å²) in [6.07, 6.45) is 1.87. The Kier molecular flexibility index (Phi) is 6.03. The van der Waals surface area contributed by atoms with Gasteiger partial charge in [-0.2, -0.15) is 4.98 Å². The number of ether oxygens (including phenoxy) is 1. The molecule has 0 aliphatic carbocycles. The number of aromatic nitrogens is 2. The van der Waals surface area contributed by atoms with E-state index in [1.807, 2.05) is 30.3 Å². The second-order valence-corrected chi connectivity index (χ2v) is 7.58. The Morgan fingerprint density at radius 1 is 0.963 bits per heavy atom. The van der Waals surface area contributed by atoms with E-state index >= 15 is 0 Å². The first-order chi connectivity index (χ1) is 13.1. The van der Waals surface area contributed by atoms with Crippen molar-refractivity contribution in [2.24, 2.45) is 0 Å². The Morgan fingerprint density at radius 3 is 2.30 bits per heavy atom. The average Bonchev–Trinajstić information content (AvgIpc) is 2.69. The molecule has 0 spiro atoms. The van der Waals surface area contributed by atoms with Crippen molar-refractivity contribution < 1.29 is 13.2 Å². The fourth-order valence-corrected chi connectivity index (χ4v) is 3.37. The maximum Gasteiger partial charge on any atom is 0.264 e. The molecule has 3 aromatic rings. The molecule has 0 atom stereocenters. The molecule has 0 aliphatic heterocycles. The highest BCUT2D eigenvalue weighted by Gasteiger charge is 2.17. The molecule has 6 nitrogen and oxygen atoms in total. The summed E-state index contributed by atoms with van der Waals surface area (Å²) in [5.74, 6) is 0.315. The van der Waals surface area contributed by atoms with Crippen LogP contribution in [-0.4, -0.2) is 25.0 Å². The Balaban J connectivity index is 1.95. The van der Waals surface area contributed by atoms with Crippen LogP contribution in [0.3, 0.4) is 0 Å². The monoisotopic (exact) mass is 383 g/mol. The van der Waals surface area contributed by atoms with Gasteiger partial charge in [0.05, 0.1) is 17.2 Å². The van der Waals surface area contributed by atoms with Gasteiger partial charge in [-0.25, -0.2) is 18.1 Å². The van der Waals surface area contributed by atoms with E-state index < -0.39 is 10.0 Å². The number of nitrogens with one attached hydrogen (secondary N) is 1. The van der Waals surface area contributed by atoms with Crippen LogP contribution in [0.1, 0.15) is 19.8 Å². The first-order valence-corrected chi connectivity index (χ1v) is 10.2. The smallest absolute Gasteiger partial charge is 0.264 e. The van der Waals surface area contributed by atoms with E-state index in [0.717, 1.165) is 18.4 Å². The van der Waals surface area contributed by atoms with Crippen molar-refractivity contribution in [2.75, 3.05) is 11.3 Å². The van der Waals surface area contributed by atoms with Gasteiger partial charge in [0.2, 0.25) is 11.8 Å². The summed E-state index contributed by atoms with van der Waals surface area (Å²) in [5, 5.41) is 0. The first-order valence-electron chi connectivity index (χ1n) is 8.73. The standard InChI is InChI=1S/C20H21N3O3S/c1-2-3-14-26-19-15-18(16-10-6-4-7-11-16)21-20(22-19)23-27(24,25)17-12-8-5-9-13-17/h4-13,15H,2-3,14H2,1H3,(H,21,22,23). The molecule has 1 aromatic heterocycles. The van der Waals surface area contributed by atoms with E-state index in [2.05, 4.69) is 21.6 Å². The number of anilines is 1. The number of benzene rings is 2. The van der Waals surface area contributed by atoms with Crippen LogP contribution < -0.4 is 9.46 Å². The Hall–Kier alpha value is -2.93. The lowest BCUT2D eigenvalue weighted by atomic mass is 10.1. The quantitative estimate of drug-likeness (QED) is 0.592. The minimum atomic E-state index is -3.78. The normalized spacial score (nSPS) is 11.1. The first kappa shape index (κ1) is 18.8. The van der Waals surface area contributed by atoms with E-state index in [9.17, 15) is 8.42 Å². The molecule has 1 N–H and O–H groups in total. The number of hydrogen-bond acceptors (Lipinski definition) is 5. The molecule has 0 amide bonds. The number of unbranched alkanes of at least 4 members (excludes halogenated alkanes) is 1. The fourth-order valence-electron chi connectivity index (χ4n) is 2.40. The maximum atomic E-state index is 12.6. The van der Waals surface area contributed by atoms with Crippen LogP contribution in [0.4, 0.5) is 5.95 Å². The van der Waals surface area contributed by atoms with Gasteiger partial charge in [0.15, 0.2) is 0 Å². The lowest BCUT2D eigenvalue weighted by molar-refractivity contribution is 0.298. The summed E-state index contributed by atoms with van der Waals surface area (Å²) >= 11 is 0. The maximum absolute atomic E-state index is 12.6. The predicted octanol–water partition coefficient (Wildman–Crippen LogP) is 4.12. The van der Waals surface area contributed by atoms with Crippen molar-refractivity contribution in [3.8, 4) is 17.1 Å². The Morgan fingerprint density at radius 2 is 1.63 bits per heavy atom. The van der Waals surface area contributed by atoms with E-state index in [4.69, 9.17) is 4.74 Å². The van der Waals surface area contributed by atoms with Gasteiger partial charge in [0.25, 0.3) is 10.0 Å². The van der Waals surface area contributed by atoms with E-state index in [1.165, 1.54) is 12.1 Å². The molecule has 0 radical (unpaired) electrons. The zero-order chi connectivity index (χ0) is 19.1. The van der Waals surface area contributed by atoms with Gasteiger partial charge < -0.3 is 4.74 Å². The third kappa shape index (κ3) is 5.04. The zero-order valence-corrected chi connectivity index (χ0v) is 15.8. The number of nitrogens with zero attached hydrogens (tertiary/aromatic N) is 2. The molecular weight excluding hydrogens is 362 g/mol.